The SMILES string of the molecule is C#CCC(C)CNC1(CC)CCS(C)(CC)N1.CC.CC.CCCCCCCCC.CCCCCCCCCC. The fraction of sp³-hybridized carbons (Fsp3) is 0.946. The van der Waals surface area contributed by atoms with Crippen molar-refractivity contribution in [3.63, 3.8) is 0 Å². The molecule has 0 radical (unpaired) electrons. The molecule has 1 aliphatic rings. The lowest BCUT2D eigenvalue weighted by Crippen LogP contribution is -2.53. The van der Waals surface area contributed by atoms with Crippen molar-refractivity contribution in [1.82, 2.24) is 10.0 Å². The smallest absolute Gasteiger partial charge is 0.0770 e. The molecular weight excluding hydrogens is 504 g/mol. The number of rotatable bonds is 19. The van der Waals surface area contributed by atoms with Gasteiger partial charge < -0.3 is 0 Å². The predicted octanol–water partition coefficient (Wildman–Crippen LogP) is 12.7. The molecule has 0 aromatic rings. The second kappa shape index (κ2) is 36.9. The van der Waals surface area contributed by atoms with Gasteiger partial charge in [0.2, 0.25) is 0 Å². The van der Waals surface area contributed by atoms with Crippen LogP contribution in [0.4, 0.5) is 0 Å². The Morgan fingerprint density at radius 3 is 1.38 bits per heavy atom. The summed E-state index contributed by atoms with van der Waals surface area (Å²) in [5.74, 6) is 5.92. The maximum atomic E-state index is 5.35. The summed E-state index contributed by atoms with van der Waals surface area (Å²) < 4.78 is 3.90. The van der Waals surface area contributed by atoms with Crippen molar-refractivity contribution in [2.45, 2.75) is 197 Å². The van der Waals surface area contributed by atoms with E-state index in [-0.39, 0.29) is 5.66 Å². The van der Waals surface area contributed by atoms with Gasteiger partial charge in [-0.1, -0.05) is 172 Å². The lowest BCUT2D eigenvalue weighted by molar-refractivity contribution is 0.285. The van der Waals surface area contributed by atoms with E-state index in [0.717, 1.165) is 19.4 Å². The van der Waals surface area contributed by atoms with E-state index in [1.54, 1.807) is 0 Å². The van der Waals surface area contributed by atoms with Crippen molar-refractivity contribution in [3.8, 4) is 12.3 Å². The van der Waals surface area contributed by atoms with Crippen LogP contribution in [0, 0.1) is 18.3 Å². The fourth-order valence-electron chi connectivity index (χ4n) is 4.57. The summed E-state index contributed by atoms with van der Waals surface area (Å²) in [6.07, 6.45) is 32.5. The molecule has 1 fully saturated rings. The first-order valence-electron chi connectivity index (χ1n) is 18.0. The first kappa shape index (κ1) is 46.8. The van der Waals surface area contributed by atoms with Gasteiger partial charge in [0, 0.05) is 13.0 Å². The van der Waals surface area contributed by atoms with Gasteiger partial charge in [0.05, 0.1) is 5.66 Å². The topological polar surface area (TPSA) is 24.1 Å². The van der Waals surface area contributed by atoms with Crippen LogP contribution in [0.1, 0.15) is 192 Å². The van der Waals surface area contributed by atoms with E-state index in [4.69, 9.17) is 6.42 Å². The van der Waals surface area contributed by atoms with Crippen molar-refractivity contribution < 1.29 is 0 Å². The highest BCUT2D eigenvalue weighted by Crippen LogP contribution is 2.49. The Bertz CT molecular complexity index is 475. The third-order valence-electron chi connectivity index (χ3n) is 7.58. The van der Waals surface area contributed by atoms with Crippen LogP contribution in [-0.2, 0) is 0 Å². The second-order valence-electron chi connectivity index (χ2n) is 11.3. The minimum atomic E-state index is -0.574. The highest BCUT2D eigenvalue weighted by atomic mass is 32.3. The molecule has 3 heteroatoms. The molecule has 0 spiro atoms. The van der Waals surface area contributed by atoms with E-state index in [1.807, 2.05) is 27.7 Å². The lowest BCUT2D eigenvalue weighted by Gasteiger charge is -2.37. The molecule has 2 N–H and O–H groups in total. The molecule has 0 amide bonds. The molecule has 0 bridgehead atoms. The van der Waals surface area contributed by atoms with Gasteiger partial charge >= 0.3 is 0 Å². The van der Waals surface area contributed by atoms with E-state index in [0.29, 0.717) is 5.92 Å². The first-order chi connectivity index (χ1) is 19.3. The number of unbranched alkanes of at least 4 members (excludes halogenated alkanes) is 13. The van der Waals surface area contributed by atoms with Gasteiger partial charge in [-0.05, 0) is 36.5 Å². The molecule has 1 heterocycles. The van der Waals surface area contributed by atoms with Gasteiger partial charge in [-0.2, -0.15) is 10.2 Å². The lowest BCUT2D eigenvalue weighted by atomic mass is 10.0. The van der Waals surface area contributed by atoms with Gasteiger partial charge in [-0.25, -0.2) is 0 Å². The van der Waals surface area contributed by atoms with Crippen LogP contribution < -0.4 is 10.0 Å². The quantitative estimate of drug-likeness (QED) is 0.116. The molecule has 3 atom stereocenters. The minimum Gasteiger partial charge on any atom is -0.298 e. The standard InChI is InChI=1S/C14H28N2S.C10H22.C9H20.2C2H6/c1-6-9-13(4)12-15-14(7-2)10-11-17(5,8-3)16-14;1-3-5-7-9-10-8-6-4-2;1-3-5-7-9-8-6-4-2;2*1-2/h1,13,15-16H,7-12H2,2-5H3;3-10H2,1-2H3;3-9H2,1-2H3;2*1-2H3. The van der Waals surface area contributed by atoms with Crippen molar-refractivity contribution in [3.05, 3.63) is 0 Å². The molecule has 0 aromatic heterocycles. The third-order valence-corrected chi connectivity index (χ3v) is 10.8. The number of terminal acetylenes is 1. The first-order valence-corrected chi connectivity index (χ1v) is 20.4. The summed E-state index contributed by atoms with van der Waals surface area (Å²) in [4.78, 5) is 0. The number of hydrogen-bond acceptors (Lipinski definition) is 2. The van der Waals surface area contributed by atoms with E-state index < -0.39 is 10.2 Å². The van der Waals surface area contributed by atoms with Crippen LogP contribution in [0.25, 0.3) is 0 Å². The second-order valence-corrected chi connectivity index (χ2v) is 15.1. The van der Waals surface area contributed by atoms with Crippen molar-refractivity contribution in [2.75, 3.05) is 24.3 Å². The molecule has 3 unspecified atom stereocenters. The molecule has 1 rings (SSSR count). The summed E-state index contributed by atoms with van der Waals surface area (Å²) in [6.45, 7) is 24.9. The number of nitrogens with one attached hydrogen (secondary N) is 2. The van der Waals surface area contributed by atoms with Gasteiger partial charge in [-0.15, -0.1) is 12.3 Å². The molecule has 2 nitrogen and oxygen atoms in total. The molecular formula is C37H82N2S. The summed E-state index contributed by atoms with van der Waals surface area (Å²) in [6, 6.07) is 0. The summed E-state index contributed by atoms with van der Waals surface area (Å²) in [5.41, 5.74) is 0.170. The molecule has 40 heavy (non-hydrogen) atoms. The summed E-state index contributed by atoms with van der Waals surface area (Å²) in [7, 11) is -0.574. The van der Waals surface area contributed by atoms with Crippen LogP contribution >= 0.6 is 10.2 Å². The van der Waals surface area contributed by atoms with E-state index in [2.05, 4.69) is 70.7 Å². The molecule has 1 aliphatic heterocycles. The van der Waals surface area contributed by atoms with Gasteiger partial charge in [0.15, 0.2) is 0 Å². The Kier molecular flexibility index (Phi) is 43.1. The average molecular weight is 587 g/mol. The van der Waals surface area contributed by atoms with Gasteiger partial charge in [-0.3, -0.25) is 10.0 Å². The van der Waals surface area contributed by atoms with Crippen LogP contribution in [-0.4, -0.2) is 30.0 Å². The minimum absolute atomic E-state index is 0.170. The highest BCUT2D eigenvalue weighted by molar-refractivity contribution is 8.31. The Labute approximate surface area is 259 Å². The van der Waals surface area contributed by atoms with Crippen LogP contribution in [0.2, 0.25) is 0 Å². The van der Waals surface area contributed by atoms with Gasteiger partial charge in [0.1, 0.15) is 0 Å². The van der Waals surface area contributed by atoms with E-state index >= 15 is 0 Å². The van der Waals surface area contributed by atoms with E-state index in [9.17, 15) is 0 Å². The summed E-state index contributed by atoms with van der Waals surface area (Å²) >= 11 is 0. The molecule has 0 aromatic carbocycles. The van der Waals surface area contributed by atoms with Crippen molar-refractivity contribution in [2.24, 2.45) is 5.92 Å². The maximum Gasteiger partial charge on any atom is 0.0770 e. The molecule has 1 saturated heterocycles. The predicted molar refractivity (Wildman–Crippen MR) is 195 cm³/mol. The highest BCUT2D eigenvalue weighted by Gasteiger charge is 2.39. The summed E-state index contributed by atoms with van der Waals surface area (Å²) in [5, 5.41) is 3.73. The Morgan fingerprint density at radius 1 is 0.725 bits per heavy atom. The molecule has 246 valence electrons. The van der Waals surface area contributed by atoms with Gasteiger partial charge in [0.25, 0.3) is 0 Å². The zero-order valence-corrected chi connectivity index (χ0v) is 31.2. The zero-order chi connectivity index (χ0) is 31.5. The Balaban J connectivity index is -0.000000243. The fourth-order valence-corrected chi connectivity index (χ4v) is 7.16. The monoisotopic (exact) mass is 587 g/mol. The van der Waals surface area contributed by atoms with Crippen LogP contribution in [0.5, 0.6) is 0 Å². The number of hydrogen-bond donors (Lipinski definition) is 2. The average Bonchev–Trinajstić information content (AvgIpc) is 3.34. The van der Waals surface area contributed by atoms with Crippen molar-refractivity contribution >= 4 is 10.2 Å². The van der Waals surface area contributed by atoms with E-state index in [1.165, 1.54) is 114 Å². The zero-order valence-electron chi connectivity index (χ0n) is 30.4. The third kappa shape index (κ3) is 30.8. The normalized spacial score (nSPS) is 21.4. The van der Waals surface area contributed by atoms with Crippen LogP contribution in [0.15, 0.2) is 0 Å². The Hall–Kier alpha value is -0.170. The molecule has 0 aliphatic carbocycles. The van der Waals surface area contributed by atoms with Crippen LogP contribution in [0.3, 0.4) is 0 Å². The van der Waals surface area contributed by atoms with Crippen molar-refractivity contribution in [1.29, 1.82) is 0 Å². The largest absolute Gasteiger partial charge is 0.298 e. The Morgan fingerprint density at radius 2 is 1.10 bits per heavy atom. The maximum absolute atomic E-state index is 5.35. The molecule has 0 saturated carbocycles.